The van der Waals surface area contributed by atoms with Gasteiger partial charge in [-0.2, -0.15) is 0 Å². The summed E-state index contributed by atoms with van der Waals surface area (Å²) in [6.45, 7) is 1.45. The van der Waals surface area contributed by atoms with E-state index in [0.29, 0.717) is 12.5 Å². The summed E-state index contributed by atoms with van der Waals surface area (Å²) in [6, 6.07) is 6.19. The second kappa shape index (κ2) is 5.25. The standard InChI is InChI=1S/C15H19BrN2O/c16-12-4-5-14-10(8-12)6-7-18(14)15(19)13-3-1-2-11(13)9-17/h4-5,8,11,13H,1-3,6-7,9,17H2/t11-,13-/m1/s1. The molecule has 0 aromatic heterocycles. The molecule has 102 valence electrons. The Morgan fingerprint density at radius 2 is 2.26 bits per heavy atom. The molecule has 0 saturated heterocycles. The highest BCUT2D eigenvalue weighted by Gasteiger charge is 2.37. The second-order valence-electron chi connectivity index (χ2n) is 5.55. The van der Waals surface area contributed by atoms with Crippen LogP contribution < -0.4 is 10.6 Å². The molecule has 1 fully saturated rings. The molecule has 1 aliphatic carbocycles. The number of benzene rings is 1. The first-order valence-corrected chi connectivity index (χ1v) is 7.80. The van der Waals surface area contributed by atoms with E-state index in [1.807, 2.05) is 11.0 Å². The quantitative estimate of drug-likeness (QED) is 0.910. The van der Waals surface area contributed by atoms with Crippen LogP contribution in [-0.4, -0.2) is 19.0 Å². The Morgan fingerprint density at radius 3 is 3.05 bits per heavy atom. The maximum absolute atomic E-state index is 12.7. The van der Waals surface area contributed by atoms with Crippen molar-refractivity contribution < 1.29 is 4.79 Å². The number of anilines is 1. The minimum absolute atomic E-state index is 0.139. The maximum Gasteiger partial charge on any atom is 0.230 e. The van der Waals surface area contributed by atoms with Gasteiger partial charge in [0, 0.05) is 22.6 Å². The average molecular weight is 323 g/mol. The fourth-order valence-corrected chi connectivity index (χ4v) is 3.85. The molecule has 1 saturated carbocycles. The van der Waals surface area contributed by atoms with E-state index in [1.165, 1.54) is 5.56 Å². The minimum atomic E-state index is 0.139. The third-order valence-electron chi connectivity index (χ3n) is 4.48. The van der Waals surface area contributed by atoms with Crippen molar-refractivity contribution in [3.8, 4) is 0 Å². The van der Waals surface area contributed by atoms with Crippen LogP contribution in [0.25, 0.3) is 0 Å². The van der Waals surface area contributed by atoms with Crippen molar-refractivity contribution in [3.63, 3.8) is 0 Å². The Bertz CT molecular complexity index is 503. The lowest BCUT2D eigenvalue weighted by atomic mass is 9.94. The van der Waals surface area contributed by atoms with Crippen molar-refractivity contribution in [2.75, 3.05) is 18.0 Å². The van der Waals surface area contributed by atoms with E-state index in [0.717, 1.165) is 42.4 Å². The molecule has 0 unspecified atom stereocenters. The summed E-state index contributed by atoms with van der Waals surface area (Å²) in [5.74, 6) is 0.806. The number of fused-ring (bicyclic) bond motifs is 1. The number of nitrogens with zero attached hydrogens (tertiary/aromatic N) is 1. The third-order valence-corrected chi connectivity index (χ3v) is 4.98. The predicted octanol–water partition coefficient (Wildman–Crippen LogP) is 2.71. The van der Waals surface area contributed by atoms with Crippen molar-refractivity contribution in [1.29, 1.82) is 0 Å². The predicted molar refractivity (Wildman–Crippen MR) is 80.1 cm³/mol. The first-order chi connectivity index (χ1) is 9.20. The van der Waals surface area contributed by atoms with Gasteiger partial charge < -0.3 is 10.6 Å². The van der Waals surface area contributed by atoms with Crippen LogP contribution in [0, 0.1) is 11.8 Å². The van der Waals surface area contributed by atoms with Gasteiger partial charge in [0.1, 0.15) is 0 Å². The lowest BCUT2D eigenvalue weighted by Crippen LogP contribution is -2.38. The number of carbonyl (C=O) groups excluding carboxylic acids is 1. The number of hydrogen-bond donors (Lipinski definition) is 1. The molecule has 2 N–H and O–H groups in total. The zero-order valence-corrected chi connectivity index (χ0v) is 12.5. The molecular formula is C15H19BrN2O. The minimum Gasteiger partial charge on any atom is -0.330 e. The van der Waals surface area contributed by atoms with Gasteiger partial charge in [0.25, 0.3) is 0 Å². The van der Waals surface area contributed by atoms with Crippen molar-refractivity contribution in [3.05, 3.63) is 28.2 Å². The third kappa shape index (κ3) is 2.32. The number of amides is 1. The summed E-state index contributed by atoms with van der Waals surface area (Å²) < 4.78 is 1.08. The number of nitrogens with two attached hydrogens (primary N) is 1. The molecule has 0 bridgehead atoms. The number of halogens is 1. The van der Waals surface area contributed by atoms with Crippen LogP contribution >= 0.6 is 15.9 Å². The average Bonchev–Trinajstić information content (AvgIpc) is 3.03. The lowest BCUT2D eigenvalue weighted by Gasteiger charge is -2.24. The summed E-state index contributed by atoms with van der Waals surface area (Å²) in [5, 5.41) is 0. The van der Waals surface area contributed by atoms with E-state index in [9.17, 15) is 4.79 Å². The molecule has 1 heterocycles. The highest BCUT2D eigenvalue weighted by molar-refractivity contribution is 9.10. The van der Waals surface area contributed by atoms with E-state index in [2.05, 4.69) is 28.1 Å². The van der Waals surface area contributed by atoms with Crippen LogP contribution in [-0.2, 0) is 11.2 Å². The fourth-order valence-electron chi connectivity index (χ4n) is 3.44. The summed E-state index contributed by atoms with van der Waals surface area (Å²) in [4.78, 5) is 14.7. The van der Waals surface area contributed by atoms with Gasteiger partial charge in [-0.25, -0.2) is 0 Å². The topological polar surface area (TPSA) is 46.3 Å². The summed E-state index contributed by atoms with van der Waals surface area (Å²) in [6.07, 6.45) is 4.21. The van der Waals surface area contributed by atoms with Crippen molar-refractivity contribution in [2.24, 2.45) is 17.6 Å². The molecule has 1 aromatic carbocycles. The summed E-state index contributed by atoms with van der Waals surface area (Å²) >= 11 is 3.49. The molecule has 19 heavy (non-hydrogen) atoms. The summed E-state index contributed by atoms with van der Waals surface area (Å²) in [7, 11) is 0. The van der Waals surface area contributed by atoms with Gasteiger partial charge in [0.2, 0.25) is 5.91 Å². The lowest BCUT2D eigenvalue weighted by molar-refractivity contribution is -0.123. The normalized spacial score (nSPS) is 25.7. The van der Waals surface area contributed by atoms with Crippen LogP contribution in [0.4, 0.5) is 5.69 Å². The van der Waals surface area contributed by atoms with E-state index >= 15 is 0 Å². The molecular weight excluding hydrogens is 304 g/mol. The monoisotopic (exact) mass is 322 g/mol. The molecule has 2 aliphatic rings. The van der Waals surface area contributed by atoms with Gasteiger partial charge in [0.05, 0.1) is 0 Å². The molecule has 1 amide bonds. The Kier molecular flexibility index (Phi) is 3.63. The summed E-state index contributed by atoms with van der Waals surface area (Å²) in [5.41, 5.74) is 8.16. The molecule has 4 heteroatoms. The smallest absolute Gasteiger partial charge is 0.230 e. The highest BCUT2D eigenvalue weighted by atomic mass is 79.9. The Balaban J connectivity index is 1.83. The van der Waals surface area contributed by atoms with Gasteiger partial charge in [0.15, 0.2) is 0 Å². The first-order valence-electron chi connectivity index (χ1n) is 7.00. The van der Waals surface area contributed by atoms with E-state index in [4.69, 9.17) is 5.73 Å². The van der Waals surface area contributed by atoms with Crippen LogP contribution in [0.5, 0.6) is 0 Å². The van der Waals surface area contributed by atoms with Gasteiger partial charge in [-0.1, -0.05) is 22.4 Å². The van der Waals surface area contributed by atoms with Crippen LogP contribution in [0.15, 0.2) is 22.7 Å². The van der Waals surface area contributed by atoms with E-state index in [-0.39, 0.29) is 11.8 Å². The van der Waals surface area contributed by atoms with Crippen LogP contribution in [0.3, 0.4) is 0 Å². The second-order valence-corrected chi connectivity index (χ2v) is 6.46. The molecule has 1 aromatic rings. The molecule has 2 atom stereocenters. The van der Waals surface area contributed by atoms with Gasteiger partial charge >= 0.3 is 0 Å². The Morgan fingerprint density at radius 1 is 1.42 bits per heavy atom. The van der Waals surface area contributed by atoms with Crippen LogP contribution in [0.2, 0.25) is 0 Å². The maximum atomic E-state index is 12.7. The van der Waals surface area contributed by atoms with Crippen molar-refractivity contribution in [1.82, 2.24) is 0 Å². The van der Waals surface area contributed by atoms with E-state index < -0.39 is 0 Å². The molecule has 0 radical (unpaired) electrons. The van der Waals surface area contributed by atoms with E-state index in [1.54, 1.807) is 0 Å². The largest absolute Gasteiger partial charge is 0.330 e. The Hall–Kier alpha value is -0.870. The molecule has 0 spiro atoms. The molecule has 3 nitrogen and oxygen atoms in total. The van der Waals surface area contributed by atoms with Crippen molar-refractivity contribution in [2.45, 2.75) is 25.7 Å². The zero-order chi connectivity index (χ0) is 13.4. The molecule has 1 aliphatic heterocycles. The number of hydrogen-bond acceptors (Lipinski definition) is 2. The van der Waals surface area contributed by atoms with Gasteiger partial charge in [-0.15, -0.1) is 0 Å². The number of carbonyl (C=O) groups is 1. The molecule has 3 rings (SSSR count). The number of rotatable bonds is 2. The van der Waals surface area contributed by atoms with Crippen LogP contribution in [0.1, 0.15) is 24.8 Å². The van der Waals surface area contributed by atoms with Gasteiger partial charge in [-0.05, 0) is 55.5 Å². The fraction of sp³-hybridized carbons (Fsp3) is 0.533. The SMILES string of the molecule is NC[C@H]1CCC[C@H]1C(=O)N1CCc2cc(Br)ccc21. The first kappa shape index (κ1) is 13.1. The Labute approximate surface area is 122 Å². The van der Waals surface area contributed by atoms with Crippen molar-refractivity contribution >= 4 is 27.5 Å². The van der Waals surface area contributed by atoms with Gasteiger partial charge in [-0.3, -0.25) is 4.79 Å². The highest BCUT2D eigenvalue weighted by Crippen LogP contribution is 2.37. The zero-order valence-electron chi connectivity index (χ0n) is 10.9.